The molecule has 0 bridgehead atoms. The van der Waals surface area contributed by atoms with Gasteiger partial charge in [-0.2, -0.15) is 8.42 Å². The van der Waals surface area contributed by atoms with Crippen LogP contribution in [0.25, 0.3) is 0 Å². The van der Waals surface area contributed by atoms with Crippen molar-refractivity contribution in [3.8, 4) is 11.5 Å². The average molecular weight is 448 g/mol. The molecule has 9 nitrogen and oxygen atoms in total. The molecule has 150 valence electrons. The maximum Gasteiger partial charge on any atom is 1.00 e. The Balaban J connectivity index is 0.00000225. The van der Waals surface area contributed by atoms with Crippen LogP contribution in [0.15, 0.2) is 75.1 Å². The number of benzene rings is 2. The standard InChI is InChI=1S/C17H16N2O7S2.Na.H/c18-27(20,21)17-10-16(28(22,23)24)14(19-11-13-7-4-8-25-13)9-15(17)26-12-5-2-1-3-6-12;;/h1-10,19H,11H2,(H2,18,20,21)(H,22,23,24);;/q;+1;-1. The summed E-state index contributed by atoms with van der Waals surface area (Å²) in [5, 5.41) is 7.98. The Morgan fingerprint density at radius 1 is 1.03 bits per heavy atom. The van der Waals surface area contributed by atoms with Gasteiger partial charge in [0.15, 0.2) is 0 Å². The molecule has 0 aliphatic rings. The van der Waals surface area contributed by atoms with Crippen LogP contribution in [0.1, 0.15) is 7.19 Å². The number of para-hydroxylation sites is 1. The Morgan fingerprint density at radius 3 is 2.28 bits per heavy atom. The average Bonchev–Trinajstić information content (AvgIpc) is 3.12. The van der Waals surface area contributed by atoms with Crippen molar-refractivity contribution in [1.29, 1.82) is 0 Å². The van der Waals surface area contributed by atoms with Crippen molar-refractivity contribution in [3.05, 3.63) is 66.6 Å². The van der Waals surface area contributed by atoms with Gasteiger partial charge in [-0.1, -0.05) is 18.2 Å². The van der Waals surface area contributed by atoms with Gasteiger partial charge in [0.2, 0.25) is 10.0 Å². The minimum absolute atomic E-state index is 0. The SMILES string of the molecule is NS(=O)(=O)c1cc(S(=O)(=O)O)c(NCc2ccco2)cc1Oc1ccccc1.[H-].[Na+]. The van der Waals surface area contributed by atoms with Crippen molar-refractivity contribution in [1.82, 2.24) is 0 Å². The molecule has 0 saturated carbocycles. The van der Waals surface area contributed by atoms with Crippen LogP contribution in [-0.2, 0) is 26.7 Å². The first-order valence-electron chi connectivity index (χ1n) is 7.82. The molecule has 29 heavy (non-hydrogen) atoms. The number of anilines is 1. The third-order valence-corrected chi connectivity index (χ3v) is 5.46. The molecule has 0 saturated heterocycles. The van der Waals surface area contributed by atoms with Gasteiger partial charge in [-0.05, 0) is 30.3 Å². The molecular formula is C17H17N2NaO7S2. The van der Waals surface area contributed by atoms with Crippen LogP contribution in [0.4, 0.5) is 5.69 Å². The van der Waals surface area contributed by atoms with E-state index >= 15 is 0 Å². The summed E-state index contributed by atoms with van der Waals surface area (Å²) in [5.74, 6) is 0.592. The van der Waals surface area contributed by atoms with Crippen LogP contribution < -0.4 is 44.7 Å². The predicted molar refractivity (Wildman–Crippen MR) is 101 cm³/mol. The number of hydrogen-bond acceptors (Lipinski definition) is 7. The molecule has 1 aromatic heterocycles. The van der Waals surface area contributed by atoms with Crippen molar-refractivity contribution < 1.29 is 61.5 Å². The molecule has 0 unspecified atom stereocenters. The Kier molecular flexibility index (Phi) is 7.51. The zero-order valence-electron chi connectivity index (χ0n) is 16.3. The number of nitrogens with one attached hydrogen (secondary N) is 1. The zero-order valence-corrected chi connectivity index (χ0v) is 18.9. The Labute approximate surface area is 191 Å². The molecule has 2 aromatic carbocycles. The Hall–Kier alpha value is -1.86. The van der Waals surface area contributed by atoms with E-state index in [4.69, 9.17) is 14.3 Å². The van der Waals surface area contributed by atoms with Crippen LogP contribution in [0.3, 0.4) is 0 Å². The summed E-state index contributed by atoms with van der Waals surface area (Å²) in [6.45, 7) is 0.0784. The first-order chi connectivity index (χ1) is 13.1. The predicted octanol–water partition coefficient (Wildman–Crippen LogP) is -0.305. The smallest absolute Gasteiger partial charge is 1.00 e. The van der Waals surface area contributed by atoms with E-state index in [1.165, 1.54) is 6.26 Å². The molecule has 4 N–H and O–H groups in total. The summed E-state index contributed by atoms with van der Waals surface area (Å²) in [4.78, 5) is -1.25. The number of rotatable bonds is 7. The van der Waals surface area contributed by atoms with E-state index in [-0.39, 0.29) is 49.0 Å². The molecule has 0 aliphatic carbocycles. The van der Waals surface area contributed by atoms with Crippen LogP contribution in [0, 0.1) is 0 Å². The molecular weight excluding hydrogens is 431 g/mol. The summed E-state index contributed by atoms with van der Waals surface area (Å²) in [6, 6.07) is 13.4. The largest absolute Gasteiger partial charge is 1.00 e. The topological polar surface area (TPSA) is 149 Å². The molecule has 1 heterocycles. The maximum atomic E-state index is 12.0. The van der Waals surface area contributed by atoms with E-state index in [0.29, 0.717) is 11.5 Å². The van der Waals surface area contributed by atoms with Gasteiger partial charge in [-0.15, -0.1) is 0 Å². The van der Waals surface area contributed by atoms with Gasteiger partial charge in [0, 0.05) is 6.07 Å². The number of ether oxygens (including phenoxy) is 1. The number of sulfonamides is 1. The first kappa shape index (κ1) is 23.4. The Bertz CT molecular complexity index is 1190. The number of nitrogens with two attached hydrogens (primary N) is 1. The summed E-state index contributed by atoms with van der Waals surface area (Å²) in [7, 11) is -9.12. The zero-order chi connectivity index (χ0) is 20.4. The second kappa shape index (κ2) is 9.30. The molecule has 0 aliphatic heterocycles. The number of primary sulfonamides is 1. The molecule has 0 radical (unpaired) electrons. The number of furan rings is 1. The van der Waals surface area contributed by atoms with Crippen LogP contribution in [0.5, 0.6) is 11.5 Å². The fourth-order valence-corrected chi connectivity index (χ4v) is 3.82. The normalized spacial score (nSPS) is 11.5. The molecule has 3 aromatic rings. The second-order valence-electron chi connectivity index (χ2n) is 5.66. The molecule has 0 atom stereocenters. The van der Waals surface area contributed by atoms with Crippen molar-refractivity contribution in [2.45, 2.75) is 16.3 Å². The second-order valence-corrected chi connectivity index (χ2v) is 8.58. The minimum Gasteiger partial charge on any atom is -1.00 e. The van der Waals surface area contributed by atoms with E-state index < -0.39 is 29.9 Å². The van der Waals surface area contributed by atoms with Crippen molar-refractivity contribution in [2.75, 3.05) is 5.32 Å². The van der Waals surface area contributed by atoms with Gasteiger partial charge in [-0.25, -0.2) is 13.6 Å². The van der Waals surface area contributed by atoms with Crippen LogP contribution >= 0.6 is 0 Å². The summed E-state index contributed by atoms with van der Waals surface area (Å²) < 4.78 is 67.8. The van der Waals surface area contributed by atoms with Crippen molar-refractivity contribution in [2.24, 2.45) is 5.14 Å². The monoisotopic (exact) mass is 448 g/mol. The number of hydrogen-bond donors (Lipinski definition) is 3. The fraction of sp³-hybridized carbons (Fsp3) is 0.0588. The van der Waals surface area contributed by atoms with Gasteiger partial charge in [0.05, 0.1) is 18.5 Å². The third kappa shape index (κ3) is 6.06. The fourth-order valence-electron chi connectivity index (χ4n) is 2.41. The van der Waals surface area contributed by atoms with Gasteiger partial charge < -0.3 is 15.9 Å². The third-order valence-electron chi connectivity index (χ3n) is 3.63. The molecule has 0 fully saturated rings. The first-order valence-corrected chi connectivity index (χ1v) is 10.8. The molecule has 12 heteroatoms. The van der Waals surface area contributed by atoms with E-state index in [1.54, 1.807) is 42.5 Å². The summed E-state index contributed by atoms with van der Waals surface area (Å²) in [5.41, 5.74) is -0.0859. The van der Waals surface area contributed by atoms with Crippen molar-refractivity contribution >= 4 is 25.8 Å². The van der Waals surface area contributed by atoms with E-state index in [9.17, 15) is 21.4 Å². The van der Waals surface area contributed by atoms with Gasteiger partial charge in [0.25, 0.3) is 10.1 Å². The summed E-state index contributed by atoms with van der Waals surface area (Å²) in [6.07, 6.45) is 1.44. The van der Waals surface area contributed by atoms with Crippen molar-refractivity contribution in [3.63, 3.8) is 0 Å². The van der Waals surface area contributed by atoms with E-state index in [0.717, 1.165) is 12.1 Å². The molecule has 0 spiro atoms. The van der Waals surface area contributed by atoms with E-state index in [2.05, 4.69) is 5.32 Å². The van der Waals surface area contributed by atoms with Gasteiger partial charge in [0.1, 0.15) is 27.1 Å². The minimum atomic E-state index is -4.77. The molecule has 3 rings (SSSR count). The van der Waals surface area contributed by atoms with Gasteiger partial charge >= 0.3 is 29.6 Å². The van der Waals surface area contributed by atoms with Gasteiger partial charge in [-0.3, -0.25) is 4.55 Å². The maximum absolute atomic E-state index is 12.0. The quantitative estimate of drug-likeness (QED) is 0.329. The molecule has 0 amide bonds. The summed E-state index contributed by atoms with van der Waals surface area (Å²) >= 11 is 0. The van der Waals surface area contributed by atoms with Crippen LogP contribution in [0.2, 0.25) is 0 Å². The van der Waals surface area contributed by atoms with Crippen LogP contribution in [-0.4, -0.2) is 21.4 Å². The Morgan fingerprint density at radius 2 is 1.72 bits per heavy atom. The van der Waals surface area contributed by atoms with E-state index in [1.807, 2.05) is 0 Å².